The first-order valence-electron chi connectivity index (χ1n) is 4.95. The van der Waals surface area contributed by atoms with Gasteiger partial charge in [-0.05, 0) is 18.4 Å². The molecule has 3 heteroatoms. The molecule has 1 unspecified atom stereocenters. The first-order valence-corrected chi connectivity index (χ1v) is 8.66. The maximum absolute atomic E-state index is 10.9. The summed E-state index contributed by atoms with van der Waals surface area (Å²) in [6.45, 7) is 10.8. The summed E-state index contributed by atoms with van der Waals surface area (Å²) in [6, 6.07) is 0.903. The molecule has 1 atom stereocenters. The third-order valence-electron chi connectivity index (χ3n) is 1.96. The monoisotopic (exact) mass is 202 g/mol. The third-order valence-corrected chi connectivity index (χ3v) is 3.68. The molecule has 0 fully saturated rings. The van der Waals surface area contributed by atoms with Gasteiger partial charge in [-0.25, -0.2) is 0 Å². The van der Waals surface area contributed by atoms with E-state index in [1.807, 2.05) is 0 Å². The van der Waals surface area contributed by atoms with Crippen LogP contribution in [0, 0.1) is 11.8 Å². The molecular formula is C10H22O2Si. The van der Waals surface area contributed by atoms with Crippen LogP contribution in [0.25, 0.3) is 0 Å². The quantitative estimate of drug-likeness (QED) is 0.696. The van der Waals surface area contributed by atoms with Gasteiger partial charge in [0.2, 0.25) is 0 Å². The van der Waals surface area contributed by atoms with E-state index in [0.717, 1.165) is 12.5 Å². The Hall–Kier alpha value is -0.313. The standard InChI is InChI=1S/C10H22O2Si/c1-8(2)6-9(10(11)12)7-13(3,4)5/h8-9H,6-7H2,1-5H3,(H,11,12). The summed E-state index contributed by atoms with van der Waals surface area (Å²) >= 11 is 0. The van der Waals surface area contributed by atoms with Crippen molar-refractivity contribution in [1.29, 1.82) is 0 Å². The number of hydrogen-bond acceptors (Lipinski definition) is 1. The van der Waals surface area contributed by atoms with Crippen molar-refractivity contribution in [3.05, 3.63) is 0 Å². The predicted octanol–water partition coefficient (Wildman–Crippen LogP) is 3.07. The molecule has 13 heavy (non-hydrogen) atoms. The van der Waals surface area contributed by atoms with Crippen molar-refractivity contribution in [2.45, 2.75) is 46.0 Å². The Bertz CT molecular complexity index is 170. The smallest absolute Gasteiger partial charge is 0.306 e. The van der Waals surface area contributed by atoms with Crippen LogP contribution in [0.3, 0.4) is 0 Å². The summed E-state index contributed by atoms with van der Waals surface area (Å²) in [5.41, 5.74) is 0. The minimum Gasteiger partial charge on any atom is -0.481 e. The van der Waals surface area contributed by atoms with Crippen molar-refractivity contribution < 1.29 is 9.90 Å². The second kappa shape index (κ2) is 4.79. The van der Waals surface area contributed by atoms with Crippen molar-refractivity contribution in [3.8, 4) is 0 Å². The highest BCUT2D eigenvalue weighted by atomic mass is 28.3. The molecule has 0 heterocycles. The molecule has 0 aliphatic carbocycles. The van der Waals surface area contributed by atoms with E-state index in [1.165, 1.54) is 0 Å². The molecule has 0 aromatic rings. The molecule has 0 bridgehead atoms. The van der Waals surface area contributed by atoms with Gasteiger partial charge in [-0.3, -0.25) is 4.79 Å². The lowest BCUT2D eigenvalue weighted by Crippen LogP contribution is -2.28. The van der Waals surface area contributed by atoms with Gasteiger partial charge in [0.15, 0.2) is 0 Å². The number of carboxylic acids is 1. The Balaban J connectivity index is 4.19. The number of carbonyl (C=O) groups is 1. The van der Waals surface area contributed by atoms with E-state index in [0.29, 0.717) is 5.92 Å². The van der Waals surface area contributed by atoms with Crippen LogP contribution in [-0.2, 0) is 4.79 Å². The van der Waals surface area contributed by atoms with Crippen LogP contribution in [-0.4, -0.2) is 19.1 Å². The van der Waals surface area contributed by atoms with Gasteiger partial charge in [0.1, 0.15) is 0 Å². The summed E-state index contributed by atoms with van der Waals surface area (Å²) < 4.78 is 0. The van der Waals surface area contributed by atoms with Crippen molar-refractivity contribution in [2.75, 3.05) is 0 Å². The second-order valence-corrected chi connectivity index (χ2v) is 11.0. The molecule has 0 saturated heterocycles. The fourth-order valence-electron chi connectivity index (χ4n) is 1.58. The molecule has 0 saturated carbocycles. The van der Waals surface area contributed by atoms with Gasteiger partial charge < -0.3 is 5.11 Å². The Morgan fingerprint density at radius 2 is 1.77 bits per heavy atom. The fourth-order valence-corrected chi connectivity index (χ4v) is 3.40. The normalized spacial score (nSPS) is 14.6. The highest BCUT2D eigenvalue weighted by Crippen LogP contribution is 2.23. The molecule has 2 nitrogen and oxygen atoms in total. The molecule has 0 aliphatic rings. The summed E-state index contributed by atoms with van der Waals surface area (Å²) in [7, 11) is -1.23. The summed E-state index contributed by atoms with van der Waals surface area (Å²) in [5, 5.41) is 9.01. The van der Waals surface area contributed by atoms with Crippen LogP contribution >= 0.6 is 0 Å². The fraction of sp³-hybridized carbons (Fsp3) is 0.900. The zero-order valence-corrected chi connectivity index (χ0v) is 10.4. The predicted molar refractivity (Wildman–Crippen MR) is 58.7 cm³/mol. The maximum Gasteiger partial charge on any atom is 0.306 e. The Morgan fingerprint density at radius 3 is 2.00 bits per heavy atom. The second-order valence-electron chi connectivity index (χ2n) is 5.43. The van der Waals surface area contributed by atoms with Crippen molar-refractivity contribution in [3.63, 3.8) is 0 Å². The number of aliphatic carboxylic acids is 1. The van der Waals surface area contributed by atoms with E-state index < -0.39 is 14.0 Å². The zero-order valence-electron chi connectivity index (χ0n) is 9.42. The van der Waals surface area contributed by atoms with Crippen molar-refractivity contribution in [2.24, 2.45) is 11.8 Å². The Labute approximate surface area is 82.4 Å². The average Bonchev–Trinajstić information content (AvgIpc) is 1.81. The number of carboxylic acid groups (broad SMARTS) is 1. The molecular weight excluding hydrogens is 180 g/mol. The number of rotatable bonds is 5. The minimum absolute atomic E-state index is 0.119. The highest BCUT2D eigenvalue weighted by molar-refractivity contribution is 6.76. The summed E-state index contributed by atoms with van der Waals surface area (Å²) in [4.78, 5) is 10.9. The zero-order chi connectivity index (χ0) is 10.6. The van der Waals surface area contributed by atoms with Crippen LogP contribution in [0.2, 0.25) is 25.7 Å². The van der Waals surface area contributed by atoms with E-state index in [9.17, 15) is 4.79 Å². The molecule has 0 aromatic carbocycles. The molecule has 78 valence electrons. The van der Waals surface area contributed by atoms with Crippen LogP contribution in [0.15, 0.2) is 0 Å². The Kier molecular flexibility index (Phi) is 4.68. The largest absolute Gasteiger partial charge is 0.481 e. The lowest BCUT2D eigenvalue weighted by molar-refractivity contribution is -0.141. The van der Waals surface area contributed by atoms with E-state index >= 15 is 0 Å². The maximum atomic E-state index is 10.9. The first-order chi connectivity index (χ1) is 5.72. The van der Waals surface area contributed by atoms with Gasteiger partial charge in [0, 0.05) is 8.07 Å². The van der Waals surface area contributed by atoms with Crippen LogP contribution in [0.4, 0.5) is 0 Å². The van der Waals surface area contributed by atoms with Crippen molar-refractivity contribution >= 4 is 14.0 Å². The molecule has 0 amide bonds. The van der Waals surface area contributed by atoms with Crippen molar-refractivity contribution in [1.82, 2.24) is 0 Å². The van der Waals surface area contributed by atoms with Gasteiger partial charge in [0.25, 0.3) is 0 Å². The third kappa shape index (κ3) is 6.81. The van der Waals surface area contributed by atoms with Gasteiger partial charge in [0.05, 0.1) is 5.92 Å². The molecule has 1 N–H and O–H groups in total. The molecule has 0 rings (SSSR count). The van der Waals surface area contributed by atoms with Gasteiger partial charge in [-0.1, -0.05) is 33.5 Å². The van der Waals surface area contributed by atoms with E-state index in [-0.39, 0.29) is 5.92 Å². The lowest BCUT2D eigenvalue weighted by Gasteiger charge is -2.22. The molecule has 0 aliphatic heterocycles. The molecule has 0 spiro atoms. The highest BCUT2D eigenvalue weighted by Gasteiger charge is 2.26. The first kappa shape index (κ1) is 12.7. The van der Waals surface area contributed by atoms with E-state index in [2.05, 4.69) is 33.5 Å². The van der Waals surface area contributed by atoms with E-state index in [4.69, 9.17) is 5.11 Å². The minimum atomic E-state index is -1.23. The molecule has 0 radical (unpaired) electrons. The van der Waals surface area contributed by atoms with E-state index in [1.54, 1.807) is 0 Å². The topological polar surface area (TPSA) is 37.3 Å². The Morgan fingerprint density at radius 1 is 1.31 bits per heavy atom. The summed E-state index contributed by atoms with van der Waals surface area (Å²) in [5.74, 6) is -0.250. The SMILES string of the molecule is CC(C)CC(C[Si](C)(C)C)C(=O)O. The molecule has 0 aromatic heterocycles. The number of hydrogen-bond donors (Lipinski definition) is 1. The average molecular weight is 202 g/mol. The van der Waals surface area contributed by atoms with Gasteiger partial charge in [-0.2, -0.15) is 0 Å². The van der Waals surface area contributed by atoms with Crippen LogP contribution < -0.4 is 0 Å². The lowest BCUT2D eigenvalue weighted by atomic mass is 9.99. The van der Waals surface area contributed by atoms with Crippen LogP contribution in [0.1, 0.15) is 20.3 Å². The van der Waals surface area contributed by atoms with Crippen LogP contribution in [0.5, 0.6) is 0 Å². The van der Waals surface area contributed by atoms with Gasteiger partial charge in [-0.15, -0.1) is 0 Å². The summed E-state index contributed by atoms with van der Waals surface area (Å²) in [6.07, 6.45) is 0.819. The van der Waals surface area contributed by atoms with Gasteiger partial charge >= 0.3 is 5.97 Å².